The third kappa shape index (κ3) is 2.67. The smallest absolute Gasteiger partial charge is 0.251 e. The maximum Gasteiger partial charge on any atom is 0.251 e. The van der Waals surface area contributed by atoms with Crippen molar-refractivity contribution in [1.82, 2.24) is 15.3 Å². The minimum Gasteiger partial charge on any atom is -0.345 e. The summed E-state index contributed by atoms with van der Waals surface area (Å²) < 4.78 is 26.6. The van der Waals surface area contributed by atoms with Gasteiger partial charge in [-0.2, -0.15) is 0 Å². The van der Waals surface area contributed by atoms with Crippen LogP contribution in [0.15, 0.2) is 42.7 Å². The van der Waals surface area contributed by atoms with Gasteiger partial charge in [0.25, 0.3) is 5.91 Å². The molecule has 0 saturated heterocycles. The van der Waals surface area contributed by atoms with Crippen molar-refractivity contribution in [3.63, 3.8) is 0 Å². The summed E-state index contributed by atoms with van der Waals surface area (Å²) in [4.78, 5) is 19.2. The molecular formula is C16H13F2N3O. The molecule has 2 N–H and O–H groups in total. The zero-order valence-corrected chi connectivity index (χ0v) is 11.7. The van der Waals surface area contributed by atoms with Crippen molar-refractivity contribution in [2.75, 3.05) is 0 Å². The summed E-state index contributed by atoms with van der Waals surface area (Å²) in [7, 11) is 0. The van der Waals surface area contributed by atoms with Crippen LogP contribution >= 0.6 is 0 Å². The second kappa shape index (κ2) is 5.55. The van der Waals surface area contributed by atoms with Crippen LogP contribution in [-0.2, 0) is 0 Å². The Labute approximate surface area is 125 Å². The molecule has 0 aliphatic heterocycles. The molecular weight excluding hydrogens is 288 g/mol. The van der Waals surface area contributed by atoms with E-state index in [9.17, 15) is 13.6 Å². The van der Waals surface area contributed by atoms with Gasteiger partial charge in [-0.15, -0.1) is 0 Å². The van der Waals surface area contributed by atoms with Gasteiger partial charge < -0.3 is 10.3 Å². The van der Waals surface area contributed by atoms with Crippen molar-refractivity contribution in [2.45, 2.75) is 13.0 Å². The minimum absolute atomic E-state index is 0.234. The average Bonchev–Trinajstić information content (AvgIpc) is 2.94. The fraction of sp³-hybridized carbons (Fsp3) is 0.125. The fourth-order valence-corrected chi connectivity index (χ4v) is 2.29. The lowest BCUT2D eigenvalue weighted by molar-refractivity contribution is 0.0939. The van der Waals surface area contributed by atoms with Crippen LogP contribution in [0.25, 0.3) is 11.0 Å². The van der Waals surface area contributed by atoms with E-state index < -0.39 is 17.7 Å². The van der Waals surface area contributed by atoms with E-state index in [0.717, 1.165) is 23.2 Å². The maximum absolute atomic E-state index is 13.7. The molecule has 112 valence electrons. The second-order valence-corrected chi connectivity index (χ2v) is 5.00. The normalized spacial score (nSPS) is 12.3. The highest BCUT2D eigenvalue weighted by Gasteiger charge is 2.15. The summed E-state index contributed by atoms with van der Waals surface area (Å²) in [6.07, 6.45) is 1.54. The predicted molar refractivity (Wildman–Crippen MR) is 78.3 cm³/mol. The summed E-state index contributed by atoms with van der Waals surface area (Å²) in [6, 6.07) is 7.76. The predicted octanol–water partition coefficient (Wildman–Crippen LogP) is 3.33. The van der Waals surface area contributed by atoms with Crippen molar-refractivity contribution in [3.05, 3.63) is 65.5 Å². The summed E-state index contributed by atoms with van der Waals surface area (Å²) in [5.41, 5.74) is 2.17. The highest BCUT2D eigenvalue weighted by atomic mass is 19.1. The molecule has 0 bridgehead atoms. The van der Waals surface area contributed by atoms with Crippen molar-refractivity contribution >= 4 is 16.9 Å². The topological polar surface area (TPSA) is 57.8 Å². The molecule has 0 saturated carbocycles. The SMILES string of the molecule is C[C@H](NC(=O)c1ccc2nc[nH]c2c1)c1ccc(F)cc1F. The Morgan fingerprint density at radius 3 is 2.82 bits per heavy atom. The number of hydrogen-bond acceptors (Lipinski definition) is 2. The van der Waals surface area contributed by atoms with Crippen LogP contribution in [0.4, 0.5) is 8.78 Å². The van der Waals surface area contributed by atoms with Gasteiger partial charge in [0.2, 0.25) is 0 Å². The molecule has 0 radical (unpaired) electrons. The van der Waals surface area contributed by atoms with Crippen LogP contribution in [0.3, 0.4) is 0 Å². The van der Waals surface area contributed by atoms with Gasteiger partial charge in [-0.25, -0.2) is 13.8 Å². The number of nitrogens with one attached hydrogen (secondary N) is 2. The number of benzene rings is 2. The molecule has 0 spiro atoms. The number of imidazole rings is 1. The molecule has 1 atom stereocenters. The van der Waals surface area contributed by atoms with Gasteiger partial charge in [0.15, 0.2) is 0 Å². The van der Waals surface area contributed by atoms with Crippen LogP contribution in [0, 0.1) is 11.6 Å². The van der Waals surface area contributed by atoms with Crippen molar-refractivity contribution < 1.29 is 13.6 Å². The van der Waals surface area contributed by atoms with E-state index in [2.05, 4.69) is 15.3 Å². The van der Waals surface area contributed by atoms with E-state index in [1.165, 1.54) is 6.07 Å². The summed E-state index contributed by atoms with van der Waals surface area (Å²) in [5.74, 6) is -1.67. The zero-order valence-electron chi connectivity index (χ0n) is 11.7. The van der Waals surface area contributed by atoms with E-state index in [-0.39, 0.29) is 11.5 Å². The van der Waals surface area contributed by atoms with Crippen LogP contribution in [-0.4, -0.2) is 15.9 Å². The van der Waals surface area contributed by atoms with Gasteiger partial charge in [0, 0.05) is 17.2 Å². The first-order chi connectivity index (χ1) is 10.5. The van der Waals surface area contributed by atoms with Crippen LogP contribution in [0.2, 0.25) is 0 Å². The van der Waals surface area contributed by atoms with Gasteiger partial charge in [0.1, 0.15) is 11.6 Å². The number of halogens is 2. The van der Waals surface area contributed by atoms with E-state index in [1.807, 2.05) is 0 Å². The Hall–Kier alpha value is -2.76. The Morgan fingerprint density at radius 1 is 1.23 bits per heavy atom. The number of hydrogen-bond donors (Lipinski definition) is 2. The van der Waals surface area contributed by atoms with E-state index in [4.69, 9.17) is 0 Å². The third-order valence-corrected chi connectivity index (χ3v) is 3.46. The number of nitrogens with zero attached hydrogens (tertiary/aromatic N) is 1. The lowest BCUT2D eigenvalue weighted by atomic mass is 10.1. The van der Waals surface area contributed by atoms with Crippen LogP contribution < -0.4 is 5.32 Å². The van der Waals surface area contributed by atoms with Crippen molar-refractivity contribution in [1.29, 1.82) is 0 Å². The molecule has 1 amide bonds. The van der Waals surface area contributed by atoms with Crippen molar-refractivity contribution in [3.8, 4) is 0 Å². The molecule has 0 unspecified atom stereocenters. The number of rotatable bonds is 3. The largest absolute Gasteiger partial charge is 0.345 e. The van der Waals surface area contributed by atoms with Crippen LogP contribution in [0.5, 0.6) is 0 Å². The Bertz CT molecular complexity index is 844. The van der Waals surface area contributed by atoms with Crippen LogP contribution in [0.1, 0.15) is 28.9 Å². The number of H-pyrrole nitrogens is 1. The Morgan fingerprint density at radius 2 is 2.05 bits per heavy atom. The average molecular weight is 301 g/mol. The zero-order chi connectivity index (χ0) is 15.7. The monoisotopic (exact) mass is 301 g/mol. The Kier molecular flexibility index (Phi) is 3.58. The standard InChI is InChI=1S/C16H13F2N3O/c1-9(12-4-3-11(17)7-13(12)18)21-16(22)10-2-5-14-15(6-10)20-8-19-14/h2-9H,1H3,(H,19,20)(H,21,22)/t9-/m0/s1. The van der Waals surface area contributed by atoms with E-state index in [0.29, 0.717) is 5.56 Å². The number of aromatic nitrogens is 2. The summed E-state index contributed by atoms with van der Waals surface area (Å²) >= 11 is 0. The molecule has 0 fully saturated rings. The highest BCUT2D eigenvalue weighted by Crippen LogP contribution is 2.19. The molecule has 0 aliphatic rings. The minimum atomic E-state index is -0.683. The molecule has 22 heavy (non-hydrogen) atoms. The first-order valence-electron chi connectivity index (χ1n) is 6.73. The number of carbonyl (C=O) groups excluding carboxylic acids is 1. The molecule has 6 heteroatoms. The maximum atomic E-state index is 13.7. The molecule has 2 aromatic carbocycles. The highest BCUT2D eigenvalue weighted by molar-refractivity contribution is 5.97. The van der Waals surface area contributed by atoms with Crippen molar-refractivity contribution in [2.24, 2.45) is 0 Å². The lowest BCUT2D eigenvalue weighted by Gasteiger charge is -2.15. The fourth-order valence-electron chi connectivity index (χ4n) is 2.29. The molecule has 0 aliphatic carbocycles. The number of fused-ring (bicyclic) bond motifs is 1. The van der Waals surface area contributed by atoms with Gasteiger partial charge in [-0.3, -0.25) is 4.79 Å². The first kappa shape index (κ1) is 14.2. The van der Waals surface area contributed by atoms with E-state index in [1.54, 1.807) is 31.5 Å². The molecule has 1 heterocycles. The lowest BCUT2D eigenvalue weighted by Crippen LogP contribution is -2.27. The Balaban J connectivity index is 1.80. The summed E-state index contributed by atoms with van der Waals surface area (Å²) in [6.45, 7) is 1.64. The number of carbonyl (C=O) groups is 1. The quantitative estimate of drug-likeness (QED) is 0.779. The molecule has 4 nitrogen and oxygen atoms in total. The summed E-state index contributed by atoms with van der Waals surface area (Å²) in [5, 5.41) is 2.69. The van der Waals surface area contributed by atoms with Gasteiger partial charge in [-0.1, -0.05) is 6.07 Å². The third-order valence-electron chi connectivity index (χ3n) is 3.46. The molecule has 1 aromatic heterocycles. The van der Waals surface area contributed by atoms with Gasteiger partial charge in [-0.05, 0) is 31.2 Å². The van der Waals surface area contributed by atoms with Gasteiger partial charge >= 0.3 is 0 Å². The number of aromatic amines is 1. The molecule has 3 aromatic rings. The molecule has 3 rings (SSSR count). The second-order valence-electron chi connectivity index (χ2n) is 5.00. The first-order valence-corrected chi connectivity index (χ1v) is 6.73. The van der Waals surface area contributed by atoms with Gasteiger partial charge in [0.05, 0.1) is 23.4 Å². The number of amides is 1. The van der Waals surface area contributed by atoms with E-state index >= 15 is 0 Å².